The summed E-state index contributed by atoms with van der Waals surface area (Å²) in [5.41, 5.74) is 5.57. The van der Waals surface area contributed by atoms with Crippen LogP contribution in [0.2, 0.25) is 0 Å². The first-order valence-corrected chi connectivity index (χ1v) is 8.25. The van der Waals surface area contributed by atoms with E-state index in [-0.39, 0.29) is 5.91 Å². The van der Waals surface area contributed by atoms with E-state index in [1.165, 1.54) is 24.0 Å². The normalized spacial score (nSPS) is 18.5. The van der Waals surface area contributed by atoms with Gasteiger partial charge in [-0.05, 0) is 36.8 Å². The summed E-state index contributed by atoms with van der Waals surface area (Å²) < 4.78 is 2.19. The topological polar surface area (TPSA) is 40.9 Å². The Morgan fingerprint density at radius 2 is 2.17 bits per heavy atom. The number of carbonyl (C=O) groups excluding carboxylic acids is 1. The highest BCUT2D eigenvalue weighted by Gasteiger charge is 2.33. The Morgan fingerprint density at radius 1 is 1.43 bits per heavy atom. The summed E-state index contributed by atoms with van der Waals surface area (Å²) in [6, 6.07) is 2.20. The molecule has 1 amide bonds. The molecule has 2 aromatic rings. The van der Waals surface area contributed by atoms with E-state index in [4.69, 9.17) is 4.98 Å². The average molecular weight is 308 g/mol. The van der Waals surface area contributed by atoms with Crippen LogP contribution in [0, 0.1) is 0 Å². The van der Waals surface area contributed by atoms with Gasteiger partial charge in [-0.25, -0.2) is 4.98 Å². The predicted molar refractivity (Wildman–Crippen MR) is 94.0 cm³/mol. The van der Waals surface area contributed by atoms with E-state index in [9.17, 15) is 4.79 Å². The number of amides is 1. The Kier molecular flexibility index (Phi) is 3.05. The molecule has 1 aliphatic carbocycles. The largest absolute Gasteiger partial charge is 0.315 e. The van der Waals surface area contributed by atoms with Crippen LogP contribution in [-0.2, 0) is 11.2 Å². The average Bonchev–Trinajstić information content (AvgIpc) is 3.30. The van der Waals surface area contributed by atoms with Crippen molar-refractivity contribution in [3.63, 3.8) is 0 Å². The fourth-order valence-electron chi connectivity index (χ4n) is 3.36. The maximum atomic E-state index is 12.1. The molecular formula is C17H21BN4O. The van der Waals surface area contributed by atoms with Gasteiger partial charge in [-0.1, -0.05) is 13.5 Å². The molecule has 23 heavy (non-hydrogen) atoms. The number of nitrogens with zero attached hydrogens (tertiary/aromatic N) is 4. The molecule has 1 saturated carbocycles. The number of hydrogen-bond donors (Lipinski definition) is 0. The highest BCUT2D eigenvalue weighted by molar-refractivity contribution is 6.32. The van der Waals surface area contributed by atoms with Crippen LogP contribution in [0.15, 0.2) is 24.7 Å². The van der Waals surface area contributed by atoms with Crippen molar-refractivity contribution in [1.82, 2.24) is 14.3 Å². The zero-order valence-corrected chi connectivity index (χ0v) is 14.0. The van der Waals surface area contributed by atoms with Gasteiger partial charge < -0.3 is 14.2 Å². The van der Waals surface area contributed by atoms with E-state index in [0.29, 0.717) is 12.5 Å². The van der Waals surface area contributed by atoms with Crippen LogP contribution in [0.25, 0.3) is 5.65 Å². The van der Waals surface area contributed by atoms with Crippen molar-refractivity contribution in [1.29, 1.82) is 0 Å². The highest BCUT2D eigenvalue weighted by Crippen LogP contribution is 2.42. The number of hydrogen-bond acceptors (Lipinski definition) is 3. The van der Waals surface area contributed by atoms with Crippen LogP contribution in [-0.4, -0.2) is 41.6 Å². The summed E-state index contributed by atoms with van der Waals surface area (Å²) in [4.78, 5) is 20.5. The smallest absolute Gasteiger partial charge is 0.247 e. The van der Waals surface area contributed by atoms with Gasteiger partial charge in [0.25, 0.3) is 0 Å². The van der Waals surface area contributed by atoms with Crippen molar-refractivity contribution in [3.8, 4) is 0 Å². The molecule has 0 bridgehead atoms. The Balaban J connectivity index is 1.94. The second-order valence-electron chi connectivity index (χ2n) is 6.58. The first-order valence-electron chi connectivity index (χ1n) is 8.25. The summed E-state index contributed by atoms with van der Waals surface area (Å²) >= 11 is 0. The minimum absolute atomic E-state index is 0.0731. The van der Waals surface area contributed by atoms with Gasteiger partial charge in [-0.3, -0.25) is 4.79 Å². The molecule has 0 unspecified atom stereocenters. The monoisotopic (exact) mass is 308 g/mol. The van der Waals surface area contributed by atoms with Crippen molar-refractivity contribution in [2.45, 2.75) is 32.1 Å². The molecule has 2 aromatic heterocycles. The molecule has 3 heterocycles. The highest BCUT2D eigenvalue weighted by atomic mass is 16.2. The van der Waals surface area contributed by atoms with Crippen molar-refractivity contribution >= 4 is 30.7 Å². The molecule has 1 saturated heterocycles. The molecule has 118 valence electrons. The second-order valence-corrected chi connectivity index (χ2v) is 6.58. The molecule has 1 aliphatic heterocycles. The minimum Gasteiger partial charge on any atom is -0.315 e. The molecule has 0 spiro atoms. The van der Waals surface area contributed by atoms with E-state index in [1.807, 2.05) is 4.90 Å². The lowest BCUT2D eigenvalue weighted by Gasteiger charge is -2.21. The molecular weight excluding hydrogens is 287 g/mol. The molecule has 2 aliphatic rings. The third-order valence-electron chi connectivity index (χ3n) is 5.10. The maximum absolute atomic E-state index is 12.1. The molecule has 5 nitrogen and oxygen atoms in total. The lowest BCUT2D eigenvalue weighted by molar-refractivity contribution is -0.124. The van der Waals surface area contributed by atoms with E-state index >= 15 is 0 Å². The first-order chi connectivity index (χ1) is 11.0. The fraction of sp³-hybridized carbons (Fsp3) is 0.412. The fourth-order valence-corrected chi connectivity index (χ4v) is 3.36. The van der Waals surface area contributed by atoms with Crippen LogP contribution in [0.1, 0.15) is 36.9 Å². The molecule has 0 atom stereocenters. The van der Waals surface area contributed by atoms with Crippen molar-refractivity contribution in [2.75, 3.05) is 18.5 Å². The van der Waals surface area contributed by atoms with Crippen LogP contribution < -0.4 is 10.5 Å². The van der Waals surface area contributed by atoms with E-state index in [1.54, 1.807) is 11.9 Å². The quantitative estimate of drug-likeness (QED) is 0.787. The Morgan fingerprint density at radius 3 is 2.74 bits per heavy atom. The lowest BCUT2D eigenvalue weighted by atomic mass is 10.0. The predicted octanol–water partition coefficient (Wildman–Crippen LogP) is 0.782. The number of aryl methyl sites for hydroxylation is 1. The third-order valence-corrected chi connectivity index (χ3v) is 5.10. The molecule has 2 fully saturated rings. The molecule has 0 radical (unpaired) electrons. The number of pyridine rings is 1. The van der Waals surface area contributed by atoms with E-state index in [0.717, 1.165) is 29.3 Å². The van der Waals surface area contributed by atoms with Gasteiger partial charge in [0.15, 0.2) is 13.5 Å². The Hall–Kier alpha value is -2.24. The zero-order chi connectivity index (χ0) is 16.3. The summed E-state index contributed by atoms with van der Waals surface area (Å²) in [6.07, 6.45) is 5.63. The van der Waals surface area contributed by atoms with Gasteiger partial charge >= 0.3 is 0 Å². The van der Waals surface area contributed by atoms with Crippen LogP contribution in [0.5, 0.6) is 0 Å². The number of likely N-dealkylation sites (N-methyl/N-ethyl adjacent to an activating group) is 1. The first kappa shape index (κ1) is 14.4. The summed E-state index contributed by atoms with van der Waals surface area (Å²) in [5, 5.41) is 0. The van der Waals surface area contributed by atoms with E-state index in [2.05, 4.69) is 38.0 Å². The lowest BCUT2D eigenvalue weighted by Crippen LogP contribution is -2.21. The molecule has 0 N–H and O–H groups in total. The number of aromatic nitrogens is 2. The van der Waals surface area contributed by atoms with Crippen LogP contribution in [0.4, 0.5) is 5.69 Å². The van der Waals surface area contributed by atoms with Crippen molar-refractivity contribution in [3.05, 3.63) is 35.9 Å². The van der Waals surface area contributed by atoms with Crippen LogP contribution in [0.3, 0.4) is 0 Å². The molecule has 0 aromatic carbocycles. The Bertz CT molecular complexity index is 837. The molecule has 6 heteroatoms. The SMILES string of the molecule is Bc1c(CC)nc2c(N3CC(=O)N(C)C3=C)cc(C3CC3)cn12. The summed E-state index contributed by atoms with van der Waals surface area (Å²) in [5.74, 6) is 1.45. The van der Waals surface area contributed by atoms with Crippen molar-refractivity contribution < 1.29 is 4.79 Å². The van der Waals surface area contributed by atoms with E-state index < -0.39 is 0 Å². The van der Waals surface area contributed by atoms with Gasteiger partial charge in [0.1, 0.15) is 12.4 Å². The molecule has 4 rings (SSSR count). The van der Waals surface area contributed by atoms with Crippen LogP contribution >= 0.6 is 0 Å². The van der Waals surface area contributed by atoms with Gasteiger partial charge in [0, 0.05) is 18.8 Å². The van der Waals surface area contributed by atoms with Gasteiger partial charge in [-0.2, -0.15) is 0 Å². The Labute approximate surface area is 137 Å². The zero-order valence-electron chi connectivity index (χ0n) is 14.0. The maximum Gasteiger partial charge on any atom is 0.247 e. The van der Waals surface area contributed by atoms with Gasteiger partial charge in [0.2, 0.25) is 5.91 Å². The van der Waals surface area contributed by atoms with Crippen molar-refractivity contribution in [2.24, 2.45) is 0 Å². The second kappa shape index (κ2) is 4.88. The number of anilines is 1. The van der Waals surface area contributed by atoms with Gasteiger partial charge in [0.05, 0.1) is 11.4 Å². The third kappa shape index (κ3) is 2.08. The minimum atomic E-state index is 0.0731. The summed E-state index contributed by atoms with van der Waals surface area (Å²) in [7, 11) is 3.90. The number of fused-ring (bicyclic) bond motifs is 1. The number of carbonyl (C=O) groups is 1. The number of rotatable bonds is 3. The standard InChI is InChI=1S/C17H21BN4O/c1-4-13-16(18)22-8-12(11-5-6-11)7-14(17(22)19-13)21-9-15(23)20(3)10(21)2/h7-8,11H,2,4-6,9,18H2,1,3H3. The summed E-state index contributed by atoms with van der Waals surface area (Å²) in [6.45, 7) is 6.55. The number of imidazole rings is 1. The van der Waals surface area contributed by atoms with Gasteiger partial charge in [-0.15, -0.1) is 0 Å².